The summed E-state index contributed by atoms with van der Waals surface area (Å²) in [6, 6.07) is 74.0. The van der Waals surface area contributed by atoms with Gasteiger partial charge >= 0.3 is 0 Å². The quantitative estimate of drug-likeness (QED) is 0.164. The molecule has 0 amide bonds. The Balaban J connectivity index is 1.21. The molecule has 1 aliphatic carbocycles. The fourth-order valence-electron chi connectivity index (χ4n) is 9.39. The first kappa shape index (κ1) is 33.6. The summed E-state index contributed by atoms with van der Waals surface area (Å²) in [5, 5.41) is 5.08. The minimum absolute atomic E-state index is 0.102. The van der Waals surface area contributed by atoms with Gasteiger partial charge in [0.05, 0.1) is 17.1 Å². The first-order valence-corrected chi connectivity index (χ1v) is 20.6. The Morgan fingerprint density at radius 3 is 1.70 bits per heavy atom. The molecule has 0 saturated carbocycles. The number of anilines is 3. The molecule has 270 valence electrons. The van der Waals surface area contributed by atoms with Crippen LogP contribution in [0.2, 0.25) is 0 Å². The highest BCUT2D eigenvalue weighted by molar-refractivity contribution is 7.26. The topological polar surface area (TPSA) is 3.24 Å². The van der Waals surface area contributed by atoms with Crippen LogP contribution in [-0.2, 0) is 5.41 Å². The van der Waals surface area contributed by atoms with Crippen molar-refractivity contribution >= 4 is 59.3 Å². The van der Waals surface area contributed by atoms with Crippen LogP contribution in [0.5, 0.6) is 0 Å². The molecule has 57 heavy (non-hydrogen) atoms. The Morgan fingerprint density at radius 1 is 0.386 bits per heavy atom. The van der Waals surface area contributed by atoms with E-state index in [2.05, 4.69) is 219 Å². The van der Waals surface area contributed by atoms with Crippen molar-refractivity contribution in [3.63, 3.8) is 0 Å². The molecule has 9 aromatic carbocycles. The molecular formula is C55H39NS. The second-order valence-corrected chi connectivity index (χ2v) is 16.7. The molecule has 10 aromatic rings. The number of para-hydroxylation sites is 3. The van der Waals surface area contributed by atoms with E-state index in [1.54, 1.807) is 0 Å². The number of rotatable bonds is 6. The van der Waals surface area contributed by atoms with Crippen molar-refractivity contribution in [1.82, 2.24) is 0 Å². The largest absolute Gasteiger partial charge is 0.309 e. The predicted molar refractivity (Wildman–Crippen MR) is 245 cm³/mol. The second kappa shape index (κ2) is 13.2. The van der Waals surface area contributed by atoms with Gasteiger partial charge in [0.2, 0.25) is 0 Å². The lowest BCUT2D eigenvalue weighted by molar-refractivity contribution is 0.660. The van der Waals surface area contributed by atoms with Gasteiger partial charge in [0.1, 0.15) is 0 Å². The molecule has 0 aliphatic heterocycles. The van der Waals surface area contributed by atoms with E-state index in [0.29, 0.717) is 0 Å². The highest BCUT2D eigenvalue weighted by Crippen LogP contribution is 2.55. The van der Waals surface area contributed by atoms with E-state index < -0.39 is 0 Å². The Kier molecular flexibility index (Phi) is 7.77. The number of hydrogen-bond donors (Lipinski definition) is 0. The van der Waals surface area contributed by atoms with Gasteiger partial charge in [-0.1, -0.05) is 184 Å². The van der Waals surface area contributed by atoms with E-state index in [4.69, 9.17) is 0 Å². The summed E-state index contributed by atoms with van der Waals surface area (Å²) in [4.78, 5) is 2.53. The van der Waals surface area contributed by atoms with Crippen LogP contribution >= 0.6 is 11.3 Å². The Morgan fingerprint density at radius 2 is 0.912 bits per heavy atom. The van der Waals surface area contributed by atoms with E-state index in [0.717, 1.165) is 17.1 Å². The molecular weight excluding hydrogens is 707 g/mol. The van der Waals surface area contributed by atoms with Crippen molar-refractivity contribution in [1.29, 1.82) is 0 Å². The van der Waals surface area contributed by atoms with Crippen LogP contribution in [0.1, 0.15) is 25.0 Å². The SMILES string of the molecule is CC1(C)c2ccccc2-c2c(-c3ccccc3N(c3ccccc3-c3ccc4ccccc4c3)c3ccccc3-c3cccc4c3sc3ccccc34)cccc21. The molecule has 1 aromatic heterocycles. The summed E-state index contributed by atoms with van der Waals surface area (Å²) in [5.41, 5.74) is 16.0. The number of hydrogen-bond acceptors (Lipinski definition) is 2. The lowest BCUT2D eigenvalue weighted by atomic mass is 9.82. The summed E-state index contributed by atoms with van der Waals surface area (Å²) in [6.07, 6.45) is 0. The molecule has 0 spiro atoms. The maximum atomic E-state index is 2.53. The summed E-state index contributed by atoms with van der Waals surface area (Å²) >= 11 is 1.88. The molecule has 11 rings (SSSR count). The first-order valence-electron chi connectivity index (χ1n) is 19.8. The van der Waals surface area contributed by atoms with E-state index in [9.17, 15) is 0 Å². The Labute approximate surface area is 337 Å². The predicted octanol–water partition coefficient (Wildman–Crippen LogP) is 16.0. The zero-order valence-electron chi connectivity index (χ0n) is 31.9. The van der Waals surface area contributed by atoms with Gasteiger partial charge in [0.25, 0.3) is 0 Å². The molecule has 1 nitrogen and oxygen atoms in total. The normalized spacial score (nSPS) is 12.9. The maximum absolute atomic E-state index is 2.53. The van der Waals surface area contributed by atoms with E-state index in [1.165, 1.54) is 86.6 Å². The molecule has 0 radical (unpaired) electrons. The molecule has 0 atom stereocenters. The van der Waals surface area contributed by atoms with Gasteiger partial charge in [-0.2, -0.15) is 0 Å². The van der Waals surface area contributed by atoms with E-state index >= 15 is 0 Å². The number of nitrogens with zero attached hydrogens (tertiary/aromatic N) is 1. The smallest absolute Gasteiger partial charge is 0.0541 e. The standard InChI is InChI=1S/C55H39NS/c1-55(2)47-27-10-5-23-46(47)53-43(24-16-28-48(53)55)40-20-7-12-30-50(40)56(49-29-11-6-19-39(49)38-34-33-36-17-3-4-18-37(36)35-38)51-31-13-8-21-41(51)44-25-15-26-45-42-22-9-14-32-52(42)57-54(44)45/h3-35H,1-2H3. The maximum Gasteiger partial charge on any atom is 0.0541 e. The number of fused-ring (bicyclic) bond motifs is 7. The fraction of sp³-hybridized carbons (Fsp3) is 0.0545. The highest BCUT2D eigenvalue weighted by atomic mass is 32.1. The monoisotopic (exact) mass is 745 g/mol. The van der Waals surface area contributed by atoms with Crippen molar-refractivity contribution < 1.29 is 0 Å². The van der Waals surface area contributed by atoms with Gasteiger partial charge in [-0.3, -0.25) is 0 Å². The van der Waals surface area contributed by atoms with Crippen molar-refractivity contribution in [2.45, 2.75) is 19.3 Å². The third-order valence-corrected chi connectivity index (χ3v) is 13.3. The average molecular weight is 746 g/mol. The van der Waals surface area contributed by atoms with Crippen LogP contribution in [-0.4, -0.2) is 0 Å². The molecule has 0 N–H and O–H groups in total. The minimum atomic E-state index is -0.102. The molecule has 0 fully saturated rings. The third kappa shape index (κ3) is 5.29. The van der Waals surface area contributed by atoms with E-state index in [-0.39, 0.29) is 5.41 Å². The Hall–Kier alpha value is -6.74. The minimum Gasteiger partial charge on any atom is -0.309 e. The van der Waals surface area contributed by atoms with Crippen LogP contribution < -0.4 is 4.90 Å². The van der Waals surface area contributed by atoms with Crippen LogP contribution in [0.4, 0.5) is 17.1 Å². The van der Waals surface area contributed by atoms with Gasteiger partial charge in [-0.25, -0.2) is 0 Å². The molecule has 0 saturated heterocycles. The van der Waals surface area contributed by atoms with Gasteiger partial charge in [0.15, 0.2) is 0 Å². The summed E-state index contributed by atoms with van der Waals surface area (Å²) in [6.45, 7) is 4.73. The van der Waals surface area contributed by atoms with Crippen molar-refractivity contribution in [2.24, 2.45) is 0 Å². The molecule has 0 bridgehead atoms. The van der Waals surface area contributed by atoms with Crippen LogP contribution in [0.15, 0.2) is 200 Å². The number of thiophene rings is 1. The van der Waals surface area contributed by atoms with Crippen LogP contribution in [0, 0.1) is 0 Å². The van der Waals surface area contributed by atoms with Crippen LogP contribution in [0.3, 0.4) is 0 Å². The van der Waals surface area contributed by atoms with Gasteiger partial charge in [-0.15, -0.1) is 11.3 Å². The molecule has 0 unspecified atom stereocenters. The second-order valence-electron chi connectivity index (χ2n) is 15.6. The summed E-state index contributed by atoms with van der Waals surface area (Å²) in [7, 11) is 0. The summed E-state index contributed by atoms with van der Waals surface area (Å²) < 4.78 is 2.62. The van der Waals surface area contributed by atoms with Gasteiger partial charge in [-0.05, 0) is 74.5 Å². The first-order chi connectivity index (χ1) is 28.1. The highest BCUT2D eigenvalue weighted by Gasteiger charge is 2.37. The molecule has 1 aliphatic rings. The third-order valence-electron chi connectivity index (χ3n) is 12.1. The summed E-state index contributed by atoms with van der Waals surface area (Å²) in [5.74, 6) is 0. The fourth-order valence-corrected chi connectivity index (χ4v) is 10.6. The Bertz CT molecular complexity index is 3180. The molecule has 1 heterocycles. The van der Waals surface area contributed by atoms with Crippen molar-refractivity contribution in [3.05, 3.63) is 211 Å². The van der Waals surface area contributed by atoms with Gasteiger partial charge < -0.3 is 4.90 Å². The zero-order chi connectivity index (χ0) is 38.1. The zero-order valence-corrected chi connectivity index (χ0v) is 32.7. The number of benzene rings is 9. The lowest BCUT2D eigenvalue weighted by Gasteiger charge is -2.32. The van der Waals surface area contributed by atoms with E-state index in [1.807, 2.05) is 11.3 Å². The molecule has 2 heteroatoms. The average Bonchev–Trinajstić information content (AvgIpc) is 3.76. The van der Waals surface area contributed by atoms with Gasteiger partial charge in [0, 0.05) is 47.8 Å². The van der Waals surface area contributed by atoms with Crippen molar-refractivity contribution in [2.75, 3.05) is 4.90 Å². The lowest BCUT2D eigenvalue weighted by Crippen LogP contribution is -2.15. The van der Waals surface area contributed by atoms with Crippen LogP contribution in [0.25, 0.3) is 75.5 Å². The van der Waals surface area contributed by atoms with Crippen molar-refractivity contribution in [3.8, 4) is 44.5 Å².